The summed E-state index contributed by atoms with van der Waals surface area (Å²) in [7, 11) is 0. The molecule has 1 heterocycles. The molecule has 0 aromatic carbocycles. The predicted molar refractivity (Wildman–Crippen MR) is 71.4 cm³/mol. The zero-order valence-corrected chi connectivity index (χ0v) is 10.7. The summed E-state index contributed by atoms with van der Waals surface area (Å²) in [6.07, 6.45) is 3.06. The number of rotatable bonds is 6. The Morgan fingerprint density at radius 2 is 2.35 bits per heavy atom. The molecular weight excluding hydrogens is 240 g/mol. The minimum atomic E-state index is -0.540. The average Bonchev–Trinajstić information content (AvgIpc) is 2.28. The number of thioether (sulfide) groups is 1. The molecule has 0 aliphatic carbocycles. The second-order valence-electron chi connectivity index (χ2n) is 3.62. The lowest BCUT2D eigenvalue weighted by atomic mass is 10.3. The van der Waals surface area contributed by atoms with E-state index in [0.29, 0.717) is 11.1 Å². The number of nitrogen functional groups attached to an aromatic ring is 1. The molecule has 0 aliphatic rings. The Morgan fingerprint density at radius 3 is 2.88 bits per heavy atom. The molecule has 0 saturated carbocycles. The van der Waals surface area contributed by atoms with E-state index >= 15 is 0 Å². The number of hydrogen-bond acceptors (Lipinski definition) is 6. The van der Waals surface area contributed by atoms with Crippen LogP contribution in [0.3, 0.4) is 0 Å². The van der Waals surface area contributed by atoms with Gasteiger partial charge in [0, 0.05) is 17.9 Å². The number of nitrogens with one attached hydrogen (secondary N) is 1. The summed E-state index contributed by atoms with van der Waals surface area (Å²) in [6, 6.07) is 2.93. The van der Waals surface area contributed by atoms with E-state index in [1.807, 2.05) is 0 Å². The van der Waals surface area contributed by atoms with E-state index < -0.39 is 4.92 Å². The first-order chi connectivity index (χ1) is 8.04. The van der Waals surface area contributed by atoms with Crippen LogP contribution in [0.25, 0.3) is 0 Å². The Labute approximate surface area is 104 Å². The predicted octanol–water partition coefficient (Wildman–Crippen LogP) is 2.13. The highest BCUT2D eigenvalue weighted by molar-refractivity contribution is 7.99. The van der Waals surface area contributed by atoms with E-state index in [-0.39, 0.29) is 11.5 Å². The Balaban J connectivity index is 2.56. The van der Waals surface area contributed by atoms with E-state index in [9.17, 15) is 10.1 Å². The Bertz CT molecular complexity index is 400. The third-order valence-electron chi connectivity index (χ3n) is 2.36. The summed E-state index contributed by atoms with van der Waals surface area (Å²) in [5, 5.41) is 14.2. The summed E-state index contributed by atoms with van der Waals surface area (Å²) in [4.78, 5) is 13.9. The first-order valence-electron chi connectivity index (χ1n) is 5.22. The fraction of sp³-hybridized carbons (Fsp3) is 0.500. The van der Waals surface area contributed by atoms with Crippen LogP contribution >= 0.6 is 11.8 Å². The highest BCUT2D eigenvalue weighted by Gasteiger charge is 2.12. The van der Waals surface area contributed by atoms with Gasteiger partial charge in [-0.25, -0.2) is 4.98 Å². The van der Waals surface area contributed by atoms with Gasteiger partial charge in [-0.1, -0.05) is 6.92 Å². The molecule has 1 unspecified atom stereocenters. The maximum Gasteiger partial charge on any atom is 0.311 e. The van der Waals surface area contributed by atoms with Gasteiger partial charge in [0.05, 0.1) is 4.92 Å². The molecule has 1 rings (SSSR count). The number of anilines is 2. The van der Waals surface area contributed by atoms with Gasteiger partial charge in [0.1, 0.15) is 5.82 Å². The van der Waals surface area contributed by atoms with Gasteiger partial charge in [-0.05, 0) is 18.7 Å². The summed E-state index contributed by atoms with van der Waals surface area (Å²) >= 11 is 1.80. The van der Waals surface area contributed by atoms with Crippen molar-refractivity contribution in [2.45, 2.75) is 18.6 Å². The zero-order chi connectivity index (χ0) is 12.8. The van der Waals surface area contributed by atoms with Crippen LogP contribution in [-0.2, 0) is 0 Å². The molecule has 0 saturated heterocycles. The van der Waals surface area contributed by atoms with Gasteiger partial charge in [-0.2, -0.15) is 11.8 Å². The maximum atomic E-state index is 10.5. The van der Waals surface area contributed by atoms with Crippen molar-refractivity contribution in [2.24, 2.45) is 0 Å². The topological polar surface area (TPSA) is 94.1 Å². The first kappa shape index (κ1) is 13.6. The second kappa shape index (κ2) is 6.29. The molecule has 1 aromatic heterocycles. The van der Waals surface area contributed by atoms with Crippen molar-refractivity contribution in [2.75, 3.05) is 23.9 Å². The fourth-order valence-electron chi connectivity index (χ4n) is 1.24. The lowest BCUT2D eigenvalue weighted by molar-refractivity contribution is -0.384. The monoisotopic (exact) mass is 256 g/mol. The minimum Gasteiger partial charge on any atom is -0.378 e. The molecule has 94 valence electrons. The summed E-state index contributed by atoms with van der Waals surface area (Å²) in [6.45, 7) is 2.91. The van der Waals surface area contributed by atoms with E-state index in [1.54, 1.807) is 17.8 Å². The highest BCUT2D eigenvalue weighted by atomic mass is 32.2. The lowest BCUT2D eigenvalue weighted by Gasteiger charge is -2.09. The first-order valence-corrected chi connectivity index (χ1v) is 6.51. The fourth-order valence-corrected chi connectivity index (χ4v) is 1.60. The molecule has 0 amide bonds. The zero-order valence-electron chi connectivity index (χ0n) is 9.84. The van der Waals surface area contributed by atoms with E-state index in [2.05, 4.69) is 23.5 Å². The number of pyridine rings is 1. The molecule has 6 nitrogen and oxygen atoms in total. The number of nitrogens with zero attached hydrogens (tertiary/aromatic N) is 2. The molecule has 0 fully saturated rings. The largest absolute Gasteiger partial charge is 0.378 e. The highest BCUT2D eigenvalue weighted by Crippen LogP contribution is 2.20. The van der Waals surface area contributed by atoms with Crippen LogP contribution in [0.1, 0.15) is 13.3 Å². The molecule has 1 atom stereocenters. The molecule has 0 aliphatic heterocycles. The normalized spacial score (nSPS) is 12.1. The van der Waals surface area contributed by atoms with E-state index in [4.69, 9.17) is 5.73 Å². The third-order valence-corrected chi connectivity index (χ3v) is 3.40. The number of nitro groups is 1. The Morgan fingerprint density at radius 1 is 1.65 bits per heavy atom. The van der Waals surface area contributed by atoms with Crippen molar-refractivity contribution < 1.29 is 4.92 Å². The quantitative estimate of drug-likeness (QED) is 0.598. The number of hydrogen-bond donors (Lipinski definition) is 2. The van der Waals surface area contributed by atoms with Crippen molar-refractivity contribution in [1.29, 1.82) is 0 Å². The van der Waals surface area contributed by atoms with Gasteiger partial charge in [-0.15, -0.1) is 0 Å². The van der Waals surface area contributed by atoms with Gasteiger partial charge < -0.3 is 11.1 Å². The lowest BCUT2D eigenvalue weighted by Crippen LogP contribution is -2.09. The molecule has 17 heavy (non-hydrogen) atoms. The van der Waals surface area contributed by atoms with Crippen LogP contribution < -0.4 is 11.1 Å². The summed E-state index contributed by atoms with van der Waals surface area (Å²) in [5.74, 6) is 0.513. The van der Waals surface area contributed by atoms with Crippen molar-refractivity contribution in [1.82, 2.24) is 4.98 Å². The van der Waals surface area contributed by atoms with Crippen LogP contribution in [-0.4, -0.2) is 28.0 Å². The van der Waals surface area contributed by atoms with Gasteiger partial charge in [-0.3, -0.25) is 10.1 Å². The van der Waals surface area contributed by atoms with Crippen LogP contribution in [0.5, 0.6) is 0 Å². The van der Waals surface area contributed by atoms with Gasteiger partial charge in [0.25, 0.3) is 0 Å². The molecule has 7 heteroatoms. The molecule has 0 radical (unpaired) electrons. The number of aromatic nitrogens is 1. The second-order valence-corrected chi connectivity index (χ2v) is 4.90. The average molecular weight is 256 g/mol. The van der Waals surface area contributed by atoms with Crippen LogP contribution in [0.2, 0.25) is 0 Å². The van der Waals surface area contributed by atoms with E-state index in [0.717, 1.165) is 13.0 Å². The molecular formula is C10H16N4O2S. The summed E-state index contributed by atoms with van der Waals surface area (Å²) < 4.78 is 0. The van der Waals surface area contributed by atoms with Crippen molar-refractivity contribution >= 4 is 29.1 Å². The van der Waals surface area contributed by atoms with Crippen LogP contribution in [0, 0.1) is 10.1 Å². The van der Waals surface area contributed by atoms with Crippen LogP contribution in [0.4, 0.5) is 17.3 Å². The molecule has 1 aromatic rings. The van der Waals surface area contributed by atoms with Crippen molar-refractivity contribution in [3.63, 3.8) is 0 Å². The van der Waals surface area contributed by atoms with Crippen LogP contribution in [0.15, 0.2) is 12.1 Å². The Hall–Kier alpha value is -1.50. The SMILES string of the molecule is CSC(C)CCNc1ccc([N+](=O)[O-])c(N)n1. The van der Waals surface area contributed by atoms with E-state index in [1.165, 1.54) is 6.07 Å². The van der Waals surface area contributed by atoms with Crippen molar-refractivity contribution in [3.8, 4) is 0 Å². The number of nitrogens with two attached hydrogens (primary N) is 1. The van der Waals surface area contributed by atoms with Gasteiger partial charge in [0.15, 0.2) is 0 Å². The molecule has 0 bridgehead atoms. The standard InChI is InChI=1S/C10H16N4O2S/c1-7(17-2)5-6-12-9-4-3-8(14(15)16)10(11)13-9/h3-4,7H,5-6H2,1-2H3,(H3,11,12,13). The van der Waals surface area contributed by atoms with Gasteiger partial charge >= 0.3 is 5.69 Å². The summed E-state index contributed by atoms with van der Waals surface area (Å²) in [5.41, 5.74) is 5.32. The van der Waals surface area contributed by atoms with Gasteiger partial charge in [0.2, 0.25) is 5.82 Å². The minimum absolute atomic E-state index is 0.0575. The molecule has 3 N–H and O–H groups in total. The maximum absolute atomic E-state index is 10.5. The smallest absolute Gasteiger partial charge is 0.311 e. The Kier molecular flexibility index (Phi) is 5.02. The van der Waals surface area contributed by atoms with Crippen molar-refractivity contribution in [3.05, 3.63) is 22.2 Å². The third kappa shape index (κ3) is 4.10. The molecule has 0 spiro atoms.